The number of hydrogen-bond acceptors (Lipinski definition) is 2. The van der Waals surface area contributed by atoms with Gasteiger partial charge in [-0.3, -0.25) is 4.68 Å². The third-order valence-electron chi connectivity index (χ3n) is 3.56. The molecule has 4 heteroatoms. The van der Waals surface area contributed by atoms with Gasteiger partial charge in [0.15, 0.2) is 0 Å². The van der Waals surface area contributed by atoms with Gasteiger partial charge in [-0.25, -0.2) is 0 Å². The summed E-state index contributed by atoms with van der Waals surface area (Å²) in [7, 11) is 1.97. The first-order chi connectivity index (χ1) is 8.51. The smallest absolute Gasteiger partial charge is 0.0847 e. The van der Waals surface area contributed by atoms with Crippen molar-refractivity contribution in [3.8, 4) is 0 Å². The second kappa shape index (κ2) is 7.15. The van der Waals surface area contributed by atoms with E-state index in [-0.39, 0.29) is 0 Å². The molecule has 0 aliphatic heterocycles. The highest BCUT2D eigenvalue weighted by Gasteiger charge is 2.19. The normalized spacial score (nSPS) is 14.8. The summed E-state index contributed by atoms with van der Waals surface area (Å²) >= 11 is 6.31. The molecule has 0 bridgehead atoms. The van der Waals surface area contributed by atoms with Gasteiger partial charge in [0.05, 0.1) is 16.4 Å². The fraction of sp³-hybridized carbons (Fsp3) is 0.786. The first-order valence-electron chi connectivity index (χ1n) is 6.92. The minimum Gasteiger partial charge on any atom is -0.314 e. The highest BCUT2D eigenvalue weighted by Crippen LogP contribution is 2.23. The van der Waals surface area contributed by atoms with Gasteiger partial charge in [0.25, 0.3) is 0 Å². The van der Waals surface area contributed by atoms with E-state index in [0.29, 0.717) is 12.0 Å². The number of halogens is 1. The maximum Gasteiger partial charge on any atom is 0.0847 e. The minimum absolute atomic E-state index is 0.552. The van der Waals surface area contributed by atoms with Crippen molar-refractivity contribution in [1.29, 1.82) is 0 Å². The third kappa shape index (κ3) is 3.72. The zero-order valence-corrected chi connectivity index (χ0v) is 13.0. The first kappa shape index (κ1) is 15.5. The van der Waals surface area contributed by atoms with Gasteiger partial charge in [-0.05, 0) is 38.6 Å². The molecule has 0 fully saturated rings. The van der Waals surface area contributed by atoms with Crippen LogP contribution in [0.25, 0.3) is 0 Å². The molecular formula is C14H26ClN3. The fourth-order valence-electron chi connectivity index (χ4n) is 2.43. The van der Waals surface area contributed by atoms with Gasteiger partial charge in [0.1, 0.15) is 0 Å². The van der Waals surface area contributed by atoms with Crippen LogP contribution in [-0.4, -0.2) is 22.4 Å². The molecule has 18 heavy (non-hydrogen) atoms. The molecule has 0 saturated carbocycles. The molecule has 0 aliphatic rings. The van der Waals surface area contributed by atoms with Gasteiger partial charge in [-0.15, -0.1) is 0 Å². The number of hydrogen-bond donors (Lipinski definition) is 1. The standard InChI is InChI=1S/C14H26ClN3/c1-6-8-16-12(7-2)10(3)9-13-14(15)11(4)17-18(13)5/h10,12,16H,6-9H2,1-5H3. The summed E-state index contributed by atoms with van der Waals surface area (Å²) in [6, 6.07) is 0.552. The Bertz CT molecular complexity index is 373. The zero-order valence-electron chi connectivity index (χ0n) is 12.3. The van der Waals surface area contributed by atoms with Crippen LogP contribution in [0.5, 0.6) is 0 Å². The fourth-order valence-corrected chi connectivity index (χ4v) is 2.66. The zero-order chi connectivity index (χ0) is 13.7. The molecule has 0 aliphatic carbocycles. The van der Waals surface area contributed by atoms with Crippen LogP contribution in [0.4, 0.5) is 0 Å². The molecule has 2 atom stereocenters. The molecule has 1 aromatic rings. The topological polar surface area (TPSA) is 29.9 Å². The van der Waals surface area contributed by atoms with E-state index in [1.807, 2.05) is 18.7 Å². The van der Waals surface area contributed by atoms with Crippen LogP contribution in [0, 0.1) is 12.8 Å². The predicted molar refractivity (Wildman–Crippen MR) is 78.2 cm³/mol. The lowest BCUT2D eigenvalue weighted by atomic mass is 9.94. The summed E-state index contributed by atoms with van der Waals surface area (Å²) in [6.45, 7) is 9.77. The molecule has 1 N–H and O–H groups in total. The first-order valence-corrected chi connectivity index (χ1v) is 7.30. The highest BCUT2D eigenvalue weighted by molar-refractivity contribution is 6.31. The lowest BCUT2D eigenvalue weighted by Gasteiger charge is -2.24. The van der Waals surface area contributed by atoms with Crippen molar-refractivity contribution in [2.24, 2.45) is 13.0 Å². The molecule has 1 aromatic heterocycles. The van der Waals surface area contributed by atoms with Crippen LogP contribution >= 0.6 is 11.6 Å². The Morgan fingerprint density at radius 1 is 1.39 bits per heavy atom. The van der Waals surface area contributed by atoms with E-state index in [1.165, 1.54) is 6.42 Å². The molecule has 0 aromatic carbocycles. The van der Waals surface area contributed by atoms with Crippen LogP contribution < -0.4 is 5.32 Å². The van der Waals surface area contributed by atoms with Gasteiger partial charge in [-0.2, -0.15) is 5.10 Å². The average Bonchev–Trinajstić information content (AvgIpc) is 2.57. The Balaban J connectivity index is 2.70. The summed E-state index contributed by atoms with van der Waals surface area (Å²) in [5.41, 5.74) is 2.08. The van der Waals surface area contributed by atoms with Crippen LogP contribution in [0.2, 0.25) is 5.02 Å². The molecule has 104 valence electrons. The summed E-state index contributed by atoms with van der Waals surface area (Å²) in [4.78, 5) is 0. The van der Waals surface area contributed by atoms with Crippen molar-refractivity contribution in [3.05, 3.63) is 16.4 Å². The molecule has 3 nitrogen and oxygen atoms in total. The van der Waals surface area contributed by atoms with Crippen LogP contribution in [-0.2, 0) is 13.5 Å². The van der Waals surface area contributed by atoms with Crippen molar-refractivity contribution in [1.82, 2.24) is 15.1 Å². The molecule has 1 rings (SSSR count). The van der Waals surface area contributed by atoms with Crippen molar-refractivity contribution < 1.29 is 0 Å². The minimum atomic E-state index is 0.552. The lowest BCUT2D eigenvalue weighted by molar-refractivity contribution is 0.359. The van der Waals surface area contributed by atoms with E-state index in [1.54, 1.807) is 0 Å². The van der Waals surface area contributed by atoms with Gasteiger partial charge in [0, 0.05) is 13.1 Å². The number of aromatic nitrogens is 2. The van der Waals surface area contributed by atoms with E-state index in [2.05, 4.69) is 31.2 Å². The van der Waals surface area contributed by atoms with E-state index in [9.17, 15) is 0 Å². The molecule has 0 saturated heterocycles. The second-order valence-corrected chi connectivity index (χ2v) is 5.50. The highest BCUT2D eigenvalue weighted by atomic mass is 35.5. The monoisotopic (exact) mass is 271 g/mol. The Kier molecular flexibility index (Phi) is 6.16. The van der Waals surface area contributed by atoms with E-state index < -0.39 is 0 Å². The number of rotatable bonds is 7. The van der Waals surface area contributed by atoms with E-state index >= 15 is 0 Å². The largest absolute Gasteiger partial charge is 0.314 e. The Morgan fingerprint density at radius 3 is 2.50 bits per heavy atom. The molecule has 0 amide bonds. The number of nitrogens with zero attached hydrogens (tertiary/aromatic N) is 2. The number of aryl methyl sites for hydroxylation is 2. The number of nitrogens with one attached hydrogen (secondary N) is 1. The van der Waals surface area contributed by atoms with Gasteiger partial charge in [0.2, 0.25) is 0 Å². The second-order valence-electron chi connectivity index (χ2n) is 5.12. The van der Waals surface area contributed by atoms with Crippen LogP contribution in [0.1, 0.15) is 45.0 Å². The maximum atomic E-state index is 6.31. The van der Waals surface area contributed by atoms with E-state index in [0.717, 1.165) is 35.8 Å². The van der Waals surface area contributed by atoms with Gasteiger partial charge < -0.3 is 5.32 Å². The molecular weight excluding hydrogens is 246 g/mol. The summed E-state index contributed by atoms with van der Waals surface area (Å²) in [5, 5.41) is 8.82. The van der Waals surface area contributed by atoms with Crippen LogP contribution in [0.3, 0.4) is 0 Å². The SMILES string of the molecule is CCCNC(CC)C(C)Cc1c(Cl)c(C)nn1C. The predicted octanol–water partition coefficient (Wildman–Crippen LogP) is 3.34. The van der Waals surface area contributed by atoms with Crippen molar-refractivity contribution in [2.45, 2.75) is 53.0 Å². The third-order valence-corrected chi connectivity index (χ3v) is 4.05. The van der Waals surface area contributed by atoms with Crippen molar-refractivity contribution >= 4 is 11.6 Å². The van der Waals surface area contributed by atoms with Gasteiger partial charge >= 0.3 is 0 Å². The maximum absolute atomic E-state index is 6.31. The summed E-state index contributed by atoms with van der Waals surface area (Å²) in [5.74, 6) is 0.564. The Labute approximate surface area is 116 Å². The average molecular weight is 272 g/mol. The Morgan fingerprint density at radius 2 is 2.06 bits per heavy atom. The van der Waals surface area contributed by atoms with E-state index in [4.69, 9.17) is 11.6 Å². The van der Waals surface area contributed by atoms with Crippen LogP contribution in [0.15, 0.2) is 0 Å². The van der Waals surface area contributed by atoms with Crippen molar-refractivity contribution in [2.75, 3.05) is 6.54 Å². The van der Waals surface area contributed by atoms with Crippen molar-refractivity contribution in [3.63, 3.8) is 0 Å². The molecule has 2 unspecified atom stereocenters. The molecule has 1 heterocycles. The molecule has 0 spiro atoms. The quantitative estimate of drug-likeness (QED) is 0.824. The van der Waals surface area contributed by atoms with Gasteiger partial charge in [-0.1, -0.05) is 32.4 Å². The summed E-state index contributed by atoms with van der Waals surface area (Å²) < 4.78 is 1.92. The molecule has 0 radical (unpaired) electrons. The summed E-state index contributed by atoms with van der Waals surface area (Å²) in [6.07, 6.45) is 3.30. The lowest BCUT2D eigenvalue weighted by Crippen LogP contribution is -2.36. The Hall–Kier alpha value is -0.540.